The number of rotatable bonds is 4. The third-order valence-corrected chi connectivity index (χ3v) is 4.77. The Labute approximate surface area is 167 Å². The van der Waals surface area contributed by atoms with E-state index < -0.39 is 11.8 Å². The molecule has 0 N–H and O–H groups in total. The molecule has 2 aliphatic rings. The molecule has 2 heterocycles. The van der Waals surface area contributed by atoms with Gasteiger partial charge in [0.25, 0.3) is 11.8 Å². The fourth-order valence-corrected chi connectivity index (χ4v) is 3.39. The molecular formula is C21H16N2O4S. The van der Waals surface area contributed by atoms with E-state index in [0.29, 0.717) is 22.7 Å². The lowest BCUT2D eigenvalue weighted by Gasteiger charge is -2.36. The number of fused-ring (bicyclic) bond motifs is 1. The molecule has 2 aromatic rings. The Morgan fingerprint density at radius 2 is 1.79 bits per heavy atom. The molecule has 0 spiro atoms. The van der Waals surface area contributed by atoms with Crippen LogP contribution in [0, 0.1) is 0 Å². The highest BCUT2D eigenvalue weighted by Gasteiger charge is 2.39. The van der Waals surface area contributed by atoms with Crippen LogP contribution in [0.5, 0.6) is 11.5 Å². The third-order valence-electron chi connectivity index (χ3n) is 4.36. The zero-order valence-electron chi connectivity index (χ0n) is 14.8. The molecule has 0 aliphatic carbocycles. The van der Waals surface area contributed by atoms with Gasteiger partial charge < -0.3 is 9.47 Å². The van der Waals surface area contributed by atoms with Gasteiger partial charge >= 0.3 is 0 Å². The first kappa shape index (κ1) is 17.9. The minimum atomic E-state index is -0.473. The van der Waals surface area contributed by atoms with Crippen molar-refractivity contribution >= 4 is 40.9 Å². The molecule has 0 aromatic heterocycles. The maximum Gasteiger partial charge on any atom is 0.270 e. The van der Waals surface area contributed by atoms with Gasteiger partial charge in [0.05, 0.1) is 5.69 Å². The number of thiocarbonyl (C=S) groups is 1. The predicted octanol–water partition coefficient (Wildman–Crippen LogP) is 3.15. The van der Waals surface area contributed by atoms with E-state index >= 15 is 0 Å². The summed E-state index contributed by atoms with van der Waals surface area (Å²) in [6.45, 7) is 4.03. The third kappa shape index (κ3) is 3.05. The Kier molecular flexibility index (Phi) is 4.67. The highest BCUT2D eigenvalue weighted by Crippen LogP contribution is 2.34. The lowest BCUT2D eigenvalue weighted by Crippen LogP contribution is -2.56. The molecule has 2 amide bonds. The van der Waals surface area contributed by atoms with Crippen LogP contribution in [0.2, 0.25) is 0 Å². The number of amides is 2. The van der Waals surface area contributed by atoms with E-state index in [4.69, 9.17) is 21.7 Å². The minimum absolute atomic E-state index is 0.0122. The van der Waals surface area contributed by atoms with Crippen molar-refractivity contribution in [2.75, 3.05) is 18.2 Å². The maximum absolute atomic E-state index is 13.2. The second kappa shape index (κ2) is 7.28. The quantitative estimate of drug-likeness (QED) is 0.346. The van der Waals surface area contributed by atoms with E-state index in [1.807, 2.05) is 6.07 Å². The predicted molar refractivity (Wildman–Crippen MR) is 109 cm³/mol. The summed E-state index contributed by atoms with van der Waals surface area (Å²) in [7, 11) is 0. The van der Waals surface area contributed by atoms with Crippen LogP contribution < -0.4 is 14.4 Å². The van der Waals surface area contributed by atoms with Gasteiger partial charge in [-0.15, -0.1) is 6.58 Å². The summed E-state index contributed by atoms with van der Waals surface area (Å²) in [6.07, 6.45) is 3.11. The first-order chi connectivity index (χ1) is 13.6. The Hall–Kier alpha value is -3.45. The number of hydrogen-bond donors (Lipinski definition) is 0. The first-order valence-electron chi connectivity index (χ1n) is 8.57. The van der Waals surface area contributed by atoms with Gasteiger partial charge in [-0.2, -0.15) is 0 Å². The largest absolute Gasteiger partial charge is 0.454 e. The molecule has 1 saturated heterocycles. The van der Waals surface area contributed by atoms with E-state index in [2.05, 4.69) is 6.58 Å². The number of benzene rings is 2. The molecule has 2 aromatic carbocycles. The molecule has 140 valence electrons. The number of hydrogen-bond acceptors (Lipinski definition) is 5. The molecule has 4 rings (SSSR count). The Balaban J connectivity index is 1.78. The number of nitrogens with zero attached hydrogens (tertiary/aromatic N) is 2. The van der Waals surface area contributed by atoms with Gasteiger partial charge in [0.1, 0.15) is 5.57 Å². The van der Waals surface area contributed by atoms with Crippen LogP contribution in [0.4, 0.5) is 5.69 Å². The molecule has 0 unspecified atom stereocenters. The number of ether oxygens (including phenoxy) is 2. The van der Waals surface area contributed by atoms with E-state index in [-0.39, 0.29) is 24.0 Å². The molecule has 1 fully saturated rings. The molecule has 0 atom stereocenters. The summed E-state index contributed by atoms with van der Waals surface area (Å²) < 4.78 is 10.7. The van der Waals surface area contributed by atoms with Gasteiger partial charge in [-0.1, -0.05) is 30.3 Å². The molecule has 0 radical (unpaired) electrons. The van der Waals surface area contributed by atoms with Crippen LogP contribution in [0.25, 0.3) is 6.08 Å². The lowest BCUT2D eigenvalue weighted by atomic mass is 10.1. The summed E-state index contributed by atoms with van der Waals surface area (Å²) in [5.74, 6) is 0.270. The Morgan fingerprint density at radius 3 is 2.54 bits per heavy atom. The van der Waals surface area contributed by atoms with Crippen LogP contribution in [0.15, 0.2) is 66.8 Å². The second-order valence-electron chi connectivity index (χ2n) is 6.13. The molecule has 2 aliphatic heterocycles. The lowest BCUT2D eigenvalue weighted by molar-refractivity contribution is -0.127. The van der Waals surface area contributed by atoms with Crippen LogP contribution >= 0.6 is 12.2 Å². The van der Waals surface area contributed by atoms with Crippen molar-refractivity contribution in [2.24, 2.45) is 0 Å². The second-order valence-corrected chi connectivity index (χ2v) is 6.50. The van der Waals surface area contributed by atoms with Crippen molar-refractivity contribution in [1.29, 1.82) is 0 Å². The maximum atomic E-state index is 13.2. The topological polar surface area (TPSA) is 59.1 Å². The van der Waals surface area contributed by atoms with E-state index in [0.717, 1.165) is 0 Å². The number of carbonyl (C=O) groups is 2. The van der Waals surface area contributed by atoms with Gasteiger partial charge in [-0.25, -0.2) is 0 Å². The Bertz CT molecular complexity index is 1020. The number of anilines is 1. The van der Waals surface area contributed by atoms with Gasteiger partial charge in [-0.3, -0.25) is 19.4 Å². The summed E-state index contributed by atoms with van der Waals surface area (Å²) >= 11 is 5.43. The average molecular weight is 392 g/mol. The van der Waals surface area contributed by atoms with Gasteiger partial charge in [0.15, 0.2) is 16.6 Å². The molecule has 28 heavy (non-hydrogen) atoms. The smallest absolute Gasteiger partial charge is 0.270 e. The van der Waals surface area contributed by atoms with Gasteiger partial charge in [0, 0.05) is 6.54 Å². The van der Waals surface area contributed by atoms with Crippen molar-refractivity contribution in [3.63, 3.8) is 0 Å². The zero-order chi connectivity index (χ0) is 19.7. The highest BCUT2D eigenvalue weighted by atomic mass is 32.1. The molecule has 6 nitrogen and oxygen atoms in total. The van der Waals surface area contributed by atoms with Gasteiger partial charge in [0.2, 0.25) is 6.79 Å². The fraction of sp³-hybridized carbons (Fsp3) is 0.0952. The van der Waals surface area contributed by atoms with Crippen LogP contribution in [-0.2, 0) is 9.59 Å². The van der Waals surface area contributed by atoms with Gasteiger partial charge in [-0.05, 0) is 48.1 Å². The molecule has 0 bridgehead atoms. The molecule has 7 heteroatoms. The molecular weight excluding hydrogens is 376 g/mol. The van der Waals surface area contributed by atoms with Crippen molar-refractivity contribution < 1.29 is 19.1 Å². The fourth-order valence-electron chi connectivity index (χ4n) is 3.04. The minimum Gasteiger partial charge on any atom is -0.454 e. The van der Waals surface area contributed by atoms with E-state index in [1.54, 1.807) is 54.6 Å². The van der Waals surface area contributed by atoms with Crippen LogP contribution in [0.1, 0.15) is 5.56 Å². The Morgan fingerprint density at radius 1 is 1.04 bits per heavy atom. The SMILES string of the molecule is C=CCN1C(=O)C(=Cc2ccc3c(c2)OCO3)C(=O)N(c2ccccc2)C1=S. The number of para-hydroxylation sites is 1. The van der Waals surface area contributed by atoms with Crippen molar-refractivity contribution in [1.82, 2.24) is 4.90 Å². The molecule has 0 saturated carbocycles. The monoisotopic (exact) mass is 392 g/mol. The summed E-state index contributed by atoms with van der Waals surface area (Å²) in [5.41, 5.74) is 1.26. The van der Waals surface area contributed by atoms with E-state index in [9.17, 15) is 9.59 Å². The van der Waals surface area contributed by atoms with Crippen LogP contribution in [-0.4, -0.2) is 35.2 Å². The highest BCUT2D eigenvalue weighted by molar-refractivity contribution is 7.80. The zero-order valence-corrected chi connectivity index (χ0v) is 15.6. The summed E-state index contributed by atoms with van der Waals surface area (Å²) in [5, 5.41) is 0.129. The van der Waals surface area contributed by atoms with Crippen LogP contribution in [0.3, 0.4) is 0 Å². The van der Waals surface area contributed by atoms with E-state index in [1.165, 1.54) is 9.80 Å². The van der Waals surface area contributed by atoms with Crippen molar-refractivity contribution in [2.45, 2.75) is 0 Å². The summed E-state index contributed by atoms with van der Waals surface area (Å²) in [6, 6.07) is 14.2. The average Bonchev–Trinajstić information content (AvgIpc) is 3.17. The standard InChI is InChI=1S/C21H16N2O4S/c1-2-10-22-19(24)16(11-14-8-9-17-18(12-14)27-13-26-17)20(25)23(21(22)28)15-6-4-3-5-7-15/h2-9,11-12H,1,10,13H2. The summed E-state index contributed by atoms with van der Waals surface area (Å²) in [4.78, 5) is 28.9. The van der Waals surface area contributed by atoms with Crippen molar-refractivity contribution in [3.8, 4) is 11.5 Å². The first-order valence-corrected chi connectivity index (χ1v) is 8.98. The normalized spacial score (nSPS) is 17.4. The van der Waals surface area contributed by atoms with Crippen molar-refractivity contribution in [3.05, 3.63) is 72.3 Å². The number of carbonyl (C=O) groups excluding carboxylic acids is 2.